The van der Waals surface area contributed by atoms with E-state index in [-0.39, 0.29) is 18.1 Å². The lowest BCUT2D eigenvalue weighted by Gasteiger charge is -2.57. The summed E-state index contributed by atoms with van der Waals surface area (Å²) in [5.41, 5.74) is 1.53. The fourth-order valence-corrected chi connectivity index (χ4v) is 6.85. The summed E-state index contributed by atoms with van der Waals surface area (Å²) in [5.74, 6) is 4.16. The number of carbonyl (C=O) groups excluding carboxylic acids is 1. The van der Waals surface area contributed by atoms with Crippen LogP contribution < -0.4 is 20.1 Å². The second kappa shape index (κ2) is 8.65. The molecule has 0 radical (unpaired) electrons. The zero-order valence-corrected chi connectivity index (χ0v) is 20.0. The van der Waals surface area contributed by atoms with E-state index in [2.05, 4.69) is 29.7 Å². The lowest BCUT2D eigenvalue weighted by atomic mass is 9.48. The fraction of sp³-hybridized carbons (Fsp3) is 0.731. The van der Waals surface area contributed by atoms with Crippen LogP contribution in [0.4, 0.5) is 0 Å². The number of nitrogens with two attached hydrogens (primary N) is 1. The zero-order valence-electron chi connectivity index (χ0n) is 20.0. The molecule has 1 amide bonds. The van der Waals surface area contributed by atoms with Crippen LogP contribution in [0.3, 0.4) is 0 Å². The first-order chi connectivity index (χ1) is 14.7. The molecule has 0 spiro atoms. The van der Waals surface area contributed by atoms with Crippen molar-refractivity contribution in [1.82, 2.24) is 5.32 Å². The molecule has 3 N–H and O–H groups in total. The maximum Gasteiger partial charge on any atom is 0.258 e. The maximum absolute atomic E-state index is 12.1. The van der Waals surface area contributed by atoms with Crippen LogP contribution in [-0.4, -0.2) is 31.2 Å². The number of ether oxygens (including phenoxy) is 2. The van der Waals surface area contributed by atoms with Gasteiger partial charge >= 0.3 is 0 Å². The van der Waals surface area contributed by atoms with Gasteiger partial charge in [-0.25, -0.2) is 0 Å². The number of rotatable bonds is 8. The highest BCUT2D eigenvalue weighted by Gasteiger charge is 2.54. The van der Waals surface area contributed by atoms with E-state index < -0.39 is 0 Å². The molecule has 0 unspecified atom stereocenters. The van der Waals surface area contributed by atoms with Crippen LogP contribution in [0.25, 0.3) is 0 Å². The highest BCUT2D eigenvalue weighted by molar-refractivity contribution is 5.78. The predicted octanol–water partition coefficient (Wildman–Crippen LogP) is 3.66. The van der Waals surface area contributed by atoms with Gasteiger partial charge < -0.3 is 20.1 Å². The average molecular weight is 430 g/mol. The van der Waals surface area contributed by atoms with Gasteiger partial charge in [-0.15, -0.1) is 0 Å². The second-order valence-electron chi connectivity index (χ2n) is 11.6. The Morgan fingerprint density at radius 3 is 2.29 bits per heavy atom. The van der Waals surface area contributed by atoms with Crippen LogP contribution in [0.5, 0.6) is 11.5 Å². The third-order valence-corrected chi connectivity index (χ3v) is 7.86. The van der Waals surface area contributed by atoms with Crippen molar-refractivity contribution in [2.45, 2.75) is 84.3 Å². The van der Waals surface area contributed by atoms with Gasteiger partial charge in [0.05, 0.1) is 13.2 Å². The molecule has 4 saturated carbocycles. The molecular formula is C26H41N2O3+. The molecular weight excluding hydrogens is 388 g/mol. The first kappa shape index (κ1) is 22.4. The van der Waals surface area contributed by atoms with Gasteiger partial charge in [-0.2, -0.15) is 0 Å². The van der Waals surface area contributed by atoms with Crippen molar-refractivity contribution in [3.63, 3.8) is 0 Å². The molecule has 0 aromatic heterocycles. The topological polar surface area (TPSA) is 64.2 Å². The standard InChI is InChI=1S/C26H40N2O3/c1-17(26-12-19-8-20(13-26)10-21(9-19)14-26)27-15-18-6-7-22(23(11-18)30-5)31-16-24(29)28-25(2,3)4/h6-7,11,17,19-21,27H,8-10,12-16H2,1-5H3,(H,28,29)/p+1/t17-,19?,20?,21?,26?/m1/s1. The van der Waals surface area contributed by atoms with E-state index >= 15 is 0 Å². The average Bonchev–Trinajstić information content (AvgIpc) is 2.68. The summed E-state index contributed by atoms with van der Waals surface area (Å²) in [4.78, 5) is 12.1. The quantitative estimate of drug-likeness (QED) is 0.663. The van der Waals surface area contributed by atoms with Crippen molar-refractivity contribution in [2.75, 3.05) is 13.7 Å². The van der Waals surface area contributed by atoms with Crippen molar-refractivity contribution >= 4 is 5.91 Å². The molecule has 1 aromatic carbocycles. The Hall–Kier alpha value is -1.75. The van der Waals surface area contributed by atoms with E-state index in [0.717, 1.165) is 24.3 Å². The van der Waals surface area contributed by atoms with Crippen molar-refractivity contribution < 1.29 is 19.6 Å². The van der Waals surface area contributed by atoms with E-state index in [4.69, 9.17) is 9.47 Å². The molecule has 5 nitrogen and oxygen atoms in total. The Balaban J connectivity index is 1.33. The van der Waals surface area contributed by atoms with Gasteiger partial charge in [-0.05, 0) is 102 Å². The molecule has 0 heterocycles. The van der Waals surface area contributed by atoms with E-state index in [1.54, 1.807) is 7.11 Å². The molecule has 172 valence electrons. The summed E-state index contributed by atoms with van der Waals surface area (Å²) in [6.07, 6.45) is 8.84. The molecule has 1 aromatic rings. The number of hydrogen-bond donors (Lipinski definition) is 2. The van der Waals surface area contributed by atoms with Crippen LogP contribution in [0.15, 0.2) is 18.2 Å². The van der Waals surface area contributed by atoms with Crippen LogP contribution in [0, 0.1) is 23.2 Å². The third kappa shape index (κ3) is 5.19. The highest BCUT2D eigenvalue weighted by atomic mass is 16.5. The van der Waals surface area contributed by atoms with Gasteiger partial charge in [0, 0.05) is 16.5 Å². The van der Waals surface area contributed by atoms with Crippen LogP contribution >= 0.6 is 0 Å². The molecule has 0 saturated heterocycles. The summed E-state index contributed by atoms with van der Waals surface area (Å²) in [5, 5.41) is 5.46. The molecule has 4 bridgehead atoms. The molecule has 0 aliphatic heterocycles. The Morgan fingerprint density at radius 1 is 1.13 bits per heavy atom. The van der Waals surface area contributed by atoms with E-state index in [0.29, 0.717) is 23.0 Å². The third-order valence-electron chi connectivity index (χ3n) is 7.86. The van der Waals surface area contributed by atoms with Gasteiger partial charge in [-0.1, -0.05) is 0 Å². The van der Waals surface area contributed by atoms with Crippen LogP contribution in [0.2, 0.25) is 0 Å². The Bertz CT molecular complexity index is 763. The van der Waals surface area contributed by atoms with E-state index in [1.807, 2.05) is 26.8 Å². The van der Waals surface area contributed by atoms with Crippen LogP contribution in [0.1, 0.15) is 71.8 Å². The summed E-state index contributed by atoms with van der Waals surface area (Å²) in [7, 11) is 1.66. The first-order valence-corrected chi connectivity index (χ1v) is 12.1. The number of benzene rings is 1. The number of amides is 1. The summed E-state index contributed by atoms with van der Waals surface area (Å²) >= 11 is 0. The first-order valence-electron chi connectivity index (χ1n) is 12.1. The normalized spacial score (nSPS) is 30.2. The van der Waals surface area contributed by atoms with Crippen LogP contribution in [-0.2, 0) is 11.3 Å². The number of quaternary nitrogens is 1. The minimum atomic E-state index is -0.266. The summed E-state index contributed by atoms with van der Waals surface area (Å²) in [6.45, 7) is 9.27. The lowest BCUT2D eigenvalue weighted by molar-refractivity contribution is -0.717. The van der Waals surface area contributed by atoms with Gasteiger partial charge in [-0.3, -0.25) is 4.79 Å². The van der Waals surface area contributed by atoms with Gasteiger partial charge in [0.1, 0.15) is 6.54 Å². The Kier molecular flexibility index (Phi) is 6.26. The van der Waals surface area contributed by atoms with E-state index in [9.17, 15) is 4.79 Å². The number of methoxy groups -OCH3 is 1. The van der Waals surface area contributed by atoms with Crippen molar-refractivity contribution in [2.24, 2.45) is 23.2 Å². The molecule has 4 aliphatic rings. The smallest absolute Gasteiger partial charge is 0.258 e. The lowest BCUT2D eigenvalue weighted by Crippen LogP contribution is -2.91. The zero-order chi connectivity index (χ0) is 22.2. The van der Waals surface area contributed by atoms with Crippen molar-refractivity contribution in [3.8, 4) is 11.5 Å². The monoisotopic (exact) mass is 429 g/mol. The highest BCUT2D eigenvalue weighted by Crippen LogP contribution is 2.60. The SMILES string of the molecule is COc1cc(C[NH2+][C@H](C)C23CC4CC(CC(C4)C2)C3)ccc1OCC(=O)NC(C)(C)C. The summed E-state index contributed by atoms with van der Waals surface area (Å²) in [6, 6.07) is 6.74. The van der Waals surface area contributed by atoms with Gasteiger partial charge in [0.2, 0.25) is 0 Å². The Morgan fingerprint density at radius 2 is 1.74 bits per heavy atom. The molecule has 4 fully saturated rings. The van der Waals surface area contributed by atoms with Gasteiger partial charge in [0.15, 0.2) is 18.1 Å². The van der Waals surface area contributed by atoms with E-state index in [1.165, 1.54) is 44.1 Å². The van der Waals surface area contributed by atoms with Gasteiger partial charge in [0.25, 0.3) is 5.91 Å². The second-order valence-corrected chi connectivity index (χ2v) is 11.6. The molecule has 5 rings (SSSR count). The summed E-state index contributed by atoms with van der Waals surface area (Å²) < 4.78 is 11.3. The fourth-order valence-electron chi connectivity index (χ4n) is 6.85. The minimum absolute atomic E-state index is 0.0118. The molecule has 1 atom stereocenters. The minimum Gasteiger partial charge on any atom is -0.493 e. The number of nitrogens with one attached hydrogen (secondary N) is 1. The van der Waals surface area contributed by atoms with Crippen molar-refractivity contribution in [1.29, 1.82) is 0 Å². The predicted molar refractivity (Wildman–Crippen MR) is 122 cm³/mol. The largest absolute Gasteiger partial charge is 0.493 e. The molecule has 31 heavy (non-hydrogen) atoms. The maximum atomic E-state index is 12.1. The van der Waals surface area contributed by atoms with Crippen molar-refractivity contribution in [3.05, 3.63) is 23.8 Å². The number of hydrogen-bond acceptors (Lipinski definition) is 3. The number of carbonyl (C=O) groups is 1. The molecule has 5 heteroatoms. The molecule has 4 aliphatic carbocycles. The Labute approximate surface area is 187 Å².